The van der Waals surface area contributed by atoms with Crippen molar-refractivity contribution < 1.29 is 32.9 Å². The summed E-state index contributed by atoms with van der Waals surface area (Å²) in [6.07, 6.45) is 46.6. The van der Waals surface area contributed by atoms with Crippen LogP contribution in [0.2, 0.25) is 0 Å². The standard InChI is InChI=1S/C48H97N2O6P/c1-6-8-10-12-14-16-18-19-20-21-22-23-24-25-26-27-28-29-30-32-33-35-37-39-41-47(51)46(45-56-57(53,54)55-44-43-50(3,4)5)49-48(52)42-40-38-36-34-31-17-15-13-11-9-7-2/h13,15,46-47,51H,6-12,14,16-45H2,1-5H3,(H-,49,52,53,54)/b15-13-. The summed E-state index contributed by atoms with van der Waals surface area (Å²) >= 11 is 0. The number of allylic oxidation sites excluding steroid dienone is 2. The fourth-order valence-electron chi connectivity index (χ4n) is 7.32. The van der Waals surface area contributed by atoms with E-state index in [4.69, 9.17) is 9.05 Å². The molecule has 0 aromatic carbocycles. The lowest BCUT2D eigenvalue weighted by Crippen LogP contribution is -2.46. The zero-order valence-corrected chi connectivity index (χ0v) is 39.5. The Morgan fingerprint density at radius 2 is 0.982 bits per heavy atom. The minimum Gasteiger partial charge on any atom is -0.756 e. The van der Waals surface area contributed by atoms with Crippen LogP contribution in [-0.2, 0) is 18.4 Å². The predicted molar refractivity (Wildman–Crippen MR) is 242 cm³/mol. The van der Waals surface area contributed by atoms with E-state index in [2.05, 4.69) is 31.3 Å². The Labute approximate surface area is 354 Å². The SMILES string of the molecule is CCCC/C=C\CCCCCCCC(=O)NC(COP(=O)([O-])OCC[N+](C)(C)C)C(O)CCCCCCCCCCCCCCCCCCCCCCCCCC. The molecule has 57 heavy (non-hydrogen) atoms. The van der Waals surface area contributed by atoms with Gasteiger partial charge >= 0.3 is 0 Å². The molecule has 0 saturated heterocycles. The van der Waals surface area contributed by atoms with Gasteiger partial charge in [-0.3, -0.25) is 9.36 Å². The second kappa shape index (κ2) is 40.6. The van der Waals surface area contributed by atoms with Crippen LogP contribution in [0.15, 0.2) is 12.2 Å². The molecule has 0 bridgehead atoms. The molecule has 0 aliphatic rings. The third-order valence-corrected chi connectivity index (χ3v) is 12.2. The quantitative estimate of drug-likeness (QED) is 0.0274. The third-order valence-electron chi connectivity index (χ3n) is 11.3. The summed E-state index contributed by atoms with van der Waals surface area (Å²) in [5, 5.41) is 13.9. The first-order chi connectivity index (χ1) is 27.5. The summed E-state index contributed by atoms with van der Waals surface area (Å²) in [5.41, 5.74) is 0. The van der Waals surface area contributed by atoms with E-state index in [1.54, 1.807) is 0 Å². The molecule has 3 atom stereocenters. The number of phosphoric acid groups is 1. The van der Waals surface area contributed by atoms with Crippen LogP contribution < -0.4 is 10.2 Å². The molecule has 0 rings (SSSR count). The molecular weight excluding hydrogens is 732 g/mol. The highest BCUT2D eigenvalue weighted by Crippen LogP contribution is 2.38. The summed E-state index contributed by atoms with van der Waals surface area (Å²) in [6, 6.07) is -0.800. The maximum atomic E-state index is 12.8. The average Bonchev–Trinajstić information content (AvgIpc) is 3.16. The van der Waals surface area contributed by atoms with Gasteiger partial charge in [0.15, 0.2) is 0 Å². The number of likely N-dealkylation sites (N-methyl/N-ethyl adjacent to an activating group) is 1. The normalized spacial score (nSPS) is 14.3. The number of amides is 1. The van der Waals surface area contributed by atoms with Crippen molar-refractivity contribution in [3.05, 3.63) is 12.2 Å². The van der Waals surface area contributed by atoms with Gasteiger partial charge in [-0.2, -0.15) is 0 Å². The number of nitrogens with one attached hydrogen (secondary N) is 1. The van der Waals surface area contributed by atoms with Gasteiger partial charge in [0, 0.05) is 6.42 Å². The predicted octanol–water partition coefficient (Wildman–Crippen LogP) is 13.3. The van der Waals surface area contributed by atoms with Crippen LogP contribution >= 0.6 is 7.82 Å². The summed E-state index contributed by atoms with van der Waals surface area (Å²) in [7, 11) is 1.31. The van der Waals surface area contributed by atoms with E-state index in [0.29, 0.717) is 23.9 Å². The highest BCUT2D eigenvalue weighted by Gasteiger charge is 2.24. The molecule has 0 saturated carbocycles. The summed E-state index contributed by atoms with van der Waals surface area (Å²) in [6.45, 7) is 4.69. The van der Waals surface area contributed by atoms with Crippen LogP contribution in [0.3, 0.4) is 0 Å². The van der Waals surface area contributed by atoms with Crippen LogP contribution in [0.4, 0.5) is 0 Å². The van der Waals surface area contributed by atoms with Crippen LogP contribution in [0.25, 0.3) is 0 Å². The maximum absolute atomic E-state index is 12.8. The fraction of sp³-hybridized carbons (Fsp3) is 0.938. The van der Waals surface area contributed by atoms with Crippen molar-refractivity contribution >= 4 is 13.7 Å². The van der Waals surface area contributed by atoms with Crippen LogP contribution in [-0.4, -0.2) is 68.5 Å². The molecule has 8 nitrogen and oxygen atoms in total. The molecule has 340 valence electrons. The lowest BCUT2D eigenvalue weighted by atomic mass is 10.0. The van der Waals surface area contributed by atoms with Gasteiger partial charge in [-0.05, 0) is 32.1 Å². The maximum Gasteiger partial charge on any atom is 0.268 e. The number of aliphatic hydroxyl groups is 1. The molecule has 1 amide bonds. The number of carbonyl (C=O) groups is 1. The largest absolute Gasteiger partial charge is 0.756 e. The van der Waals surface area contributed by atoms with E-state index in [-0.39, 0.29) is 19.1 Å². The lowest BCUT2D eigenvalue weighted by molar-refractivity contribution is -0.870. The first-order valence-electron chi connectivity index (χ1n) is 24.5. The third kappa shape index (κ3) is 43.1. The topological polar surface area (TPSA) is 108 Å². The Kier molecular flexibility index (Phi) is 40.1. The van der Waals surface area contributed by atoms with E-state index in [9.17, 15) is 19.4 Å². The molecule has 0 aliphatic carbocycles. The summed E-state index contributed by atoms with van der Waals surface area (Å²) in [4.78, 5) is 25.3. The fourth-order valence-corrected chi connectivity index (χ4v) is 8.04. The van der Waals surface area contributed by atoms with Gasteiger partial charge in [0.25, 0.3) is 7.82 Å². The zero-order chi connectivity index (χ0) is 42.1. The van der Waals surface area contributed by atoms with Gasteiger partial charge in [0.05, 0.1) is 39.9 Å². The summed E-state index contributed by atoms with van der Waals surface area (Å²) in [5.74, 6) is -0.173. The van der Waals surface area contributed by atoms with Gasteiger partial charge in [0.1, 0.15) is 13.2 Å². The van der Waals surface area contributed by atoms with Crippen molar-refractivity contribution in [2.45, 2.75) is 251 Å². The molecule has 9 heteroatoms. The smallest absolute Gasteiger partial charge is 0.268 e. The number of nitrogens with zero attached hydrogens (tertiary/aromatic N) is 1. The van der Waals surface area contributed by atoms with Gasteiger partial charge in [-0.25, -0.2) is 0 Å². The molecule has 0 radical (unpaired) electrons. The molecule has 0 spiro atoms. The number of hydrogen-bond donors (Lipinski definition) is 2. The van der Waals surface area contributed by atoms with Crippen molar-refractivity contribution in [1.82, 2.24) is 5.32 Å². The number of hydrogen-bond acceptors (Lipinski definition) is 6. The zero-order valence-electron chi connectivity index (χ0n) is 38.6. The Balaban J connectivity index is 4.15. The van der Waals surface area contributed by atoms with E-state index >= 15 is 0 Å². The number of carbonyl (C=O) groups excluding carboxylic acids is 1. The van der Waals surface area contributed by atoms with Gasteiger partial charge in [-0.15, -0.1) is 0 Å². The second-order valence-electron chi connectivity index (χ2n) is 18.2. The molecule has 3 unspecified atom stereocenters. The van der Waals surface area contributed by atoms with Gasteiger partial charge < -0.3 is 28.8 Å². The molecule has 0 heterocycles. The summed E-state index contributed by atoms with van der Waals surface area (Å²) < 4.78 is 23.3. The van der Waals surface area contributed by atoms with E-state index in [0.717, 1.165) is 51.4 Å². The Morgan fingerprint density at radius 1 is 0.596 bits per heavy atom. The monoisotopic (exact) mass is 829 g/mol. The Morgan fingerprint density at radius 3 is 1.42 bits per heavy atom. The minimum atomic E-state index is -4.56. The van der Waals surface area contributed by atoms with Crippen molar-refractivity contribution in [3.63, 3.8) is 0 Å². The van der Waals surface area contributed by atoms with Crippen LogP contribution in [0, 0.1) is 0 Å². The number of phosphoric ester groups is 1. The first-order valence-corrected chi connectivity index (χ1v) is 26.0. The Hall–Kier alpha value is -0.760. The minimum absolute atomic E-state index is 0.0124. The highest BCUT2D eigenvalue weighted by atomic mass is 31.2. The molecule has 0 fully saturated rings. The van der Waals surface area contributed by atoms with Crippen molar-refractivity contribution in [2.75, 3.05) is 40.9 Å². The van der Waals surface area contributed by atoms with Crippen molar-refractivity contribution in [3.8, 4) is 0 Å². The second-order valence-corrected chi connectivity index (χ2v) is 19.6. The van der Waals surface area contributed by atoms with Crippen LogP contribution in [0.5, 0.6) is 0 Å². The number of unbranched alkanes of at least 4 members (excludes halogenated alkanes) is 30. The molecular formula is C48H97N2O6P. The first kappa shape index (κ1) is 56.2. The van der Waals surface area contributed by atoms with E-state index in [1.807, 2.05) is 21.1 Å². The molecule has 0 aromatic heterocycles. The number of quaternary nitrogens is 1. The van der Waals surface area contributed by atoms with Gasteiger partial charge in [-0.1, -0.05) is 212 Å². The number of aliphatic hydroxyl groups excluding tert-OH is 1. The van der Waals surface area contributed by atoms with Crippen LogP contribution in [0.1, 0.15) is 239 Å². The Bertz CT molecular complexity index is 942. The highest BCUT2D eigenvalue weighted by molar-refractivity contribution is 7.45. The molecule has 0 aliphatic heterocycles. The van der Waals surface area contributed by atoms with Gasteiger partial charge in [0.2, 0.25) is 5.91 Å². The van der Waals surface area contributed by atoms with E-state index < -0.39 is 20.0 Å². The average molecular weight is 829 g/mol. The lowest BCUT2D eigenvalue weighted by Gasteiger charge is -2.30. The molecule has 0 aromatic rings. The van der Waals surface area contributed by atoms with E-state index in [1.165, 1.54) is 161 Å². The number of rotatable bonds is 45. The van der Waals surface area contributed by atoms with Crippen molar-refractivity contribution in [2.24, 2.45) is 0 Å². The van der Waals surface area contributed by atoms with Crippen molar-refractivity contribution in [1.29, 1.82) is 0 Å². The molecule has 2 N–H and O–H groups in total.